The summed E-state index contributed by atoms with van der Waals surface area (Å²) in [6, 6.07) is 13.7. The number of carbonyl (C=O) groups excluding carboxylic acids is 2. The average molecular weight is 432 g/mol. The Morgan fingerprint density at radius 1 is 1.03 bits per heavy atom. The summed E-state index contributed by atoms with van der Waals surface area (Å²) in [7, 11) is 0. The van der Waals surface area contributed by atoms with Gasteiger partial charge in [-0.1, -0.05) is 37.6 Å². The quantitative estimate of drug-likeness (QED) is 0.591. The third-order valence-electron chi connectivity index (χ3n) is 4.76. The first-order valence-electron chi connectivity index (χ1n) is 10.1. The van der Waals surface area contributed by atoms with Crippen LogP contribution >= 0.6 is 11.6 Å². The van der Waals surface area contributed by atoms with Crippen molar-refractivity contribution in [1.82, 2.24) is 10.2 Å². The van der Waals surface area contributed by atoms with Crippen LogP contribution in [0.25, 0.3) is 0 Å². The highest BCUT2D eigenvalue weighted by Crippen LogP contribution is 2.23. The minimum atomic E-state index is -1.15. The number of benzene rings is 2. The second-order valence-electron chi connectivity index (χ2n) is 7.35. The van der Waals surface area contributed by atoms with E-state index >= 15 is 0 Å². The van der Waals surface area contributed by atoms with Crippen molar-refractivity contribution in [3.05, 3.63) is 59.1 Å². The molecule has 0 aliphatic heterocycles. The molecule has 0 saturated heterocycles. The van der Waals surface area contributed by atoms with E-state index in [0.29, 0.717) is 28.6 Å². The smallest absolute Gasteiger partial charge is 0.267 e. The molecule has 0 aromatic heterocycles. The molecule has 0 spiro atoms. The van der Waals surface area contributed by atoms with Gasteiger partial charge in [0.1, 0.15) is 5.75 Å². The molecule has 0 aliphatic rings. The van der Waals surface area contributed by atoms with Crippen molar-refractivity contribution in [1.29, 1.82) is 0 Å². The number of carbonyl (C=O) groups is 2. The monoisotopic (exact) mass is 431 g/mol. The molecule has 0 saturated carbocycles. The minimum Gasteiger partial charge on any atom is -0.478 e. The van der Waals surface area contributed by atoms with Gasteiger partial charge < -0.3 is 20.3 Å². The van der Waals surface area contributed by atoms with E-state index in [1.54, 1.807) is 62.4 Å². The summed E-state index contributed by atoms with van der Waals surface area (Å²) in [6.07, 6.45) is 0. The zero-order valence-electron chi connectivity index (χ0n) is 18.0. The maximum absolute atomic E-state index is 12.9. The third kappa shape index (κ3) is 6.75. The topological polar surface area (TPSA) is 70.7 Å². The molecule has 0 unspecified atom stereocenters. The number of anilines is 1. The highest BCUT2D eigenvalue weighted by molar-refractivity contribution is 6.30. The molecular weight excluding hydrogens is 402 g/mol. The number of rotatable bonds is 10. The number of nitrogens with one attached hydrogen (secondary N) is 2. The summed E-state index contributed by atoms with van der Waals surface area (Å²) < 4.78 is 5.83. The van der Waals surface area contributed by atoms with Gasteiger partial charge in [0.25, 0.3) is 11.8 Å². The Bertz CT molecular complexity index is 849. The zero-order valence-corrected chi connectivity index (χ0v) is 18.8. The van der Waals surface area contributed by atoms with Crippen molar-refractivity contribution < 1.29 is 14.3 Å². The van der Waals surface area contributed by atoms with E-state index in [0.717, 1.165) is 19.6 Å². The van der Waals surface area contributed by atoms with Crippen molar-refractivity contribution in [3.63, 3.8) is 0 Å². The van der Waals surface area contributed by atoms with Gasteiger partial charge in [0.2, 0.25) is 0 Å². The van der Waals surface area contributed by atoms with Crippen molar-refractivity contribution in [2.75, 3.05) is 31.5 Å². The van der Waals surface area contributed by atoms with Crippen molar-refractivity contribution in [3.8, 4) is 5.75 Å². The summed E-state index contributed by atoms with van der Waals surface area (Å²) in [5.74, 6) is -0.0581. The fourth-order valence-electron chi connectivity index (χ4n) is 2.87. The van der Waals surface area contributed by atoms with E-state index in [9.17, 15) is 9.59 Å². The molecule has 0 aliphatic carbocycles. The molecule has 2 aromatic rings. The first-order chi connectivity index (χ1) is 14.3. The molecule has 2 amide bonds. The van der Waals surface area contributed by atoms with Crippen LogP contribution in [0.15, 0.2) is 48.5 Å². The summed E-state index contributed by atoms with van der Waals surface area (Å²) in [5, 5.41) is 6.33. The molecule has 2 N–H and O–H groups in total. The number of amides is 2. The molecule has 0 radical (unpaired) electrons. The number of halogens is 1. The Morgan fingerprint density at radius 3 is 2.30 bits per heavy atom. The maximum atomic E-state index is 12.9. The predicted molar refractivity (Wildman–Crippen MR) is 121 cm³/mol. The zero-order chi connectivity index (χ0) is 22.1. The molecule has 0 heterocycles. The van der Waals surface area contributed by atoms with Crippen LogP contribution < -0.4 is 15.4 Å². The van der Waals surface area contributed by atoms with E-state index in [1.807, 2.05) is 0 Å². The largest absolute Gasteiger partial charge is 0.478 e. The van der Waals surface area contributed by atoms with Gasteiger partial charge in [0.05, 0.1) is 11.3 Å². The van der Waals surface area contributed by atoms with Gasteiger partial charge in [0, 0.05) is 18.1 Å². The van der Waals surface area contributed by atoms with Gasteiger partial charge in [-0.15, -0.1) is 0 Å². The van der Waals surface area contributed by atoms with Crippen LogP contribution in [-0.2, 0) is 4.79 Å². The minimum absolute atomic E-state index is 0.227. The summed E-state index contributed by atoms with van der Waals surface area (Å²) in [6.45, 7) is 10.7. The Balaban J connectivity index is 2.04. The Kier molecular flexibility index (Phi) is 8.69. The van der Waals surface area contributed by atoms with Gasteiger partial charge in [-0.2, -0.15) is 0 Å². The number of nitrogens with zero attached hydrogens (tertiary/aromatic N) is 1. The molecule has 6 nitrogen and oxygen atoms in total. The van der Waals surface area contributed by atoms with Gasteiger partial charge in [-0.25, -0.2) is 0 Å². The van der Waals surface area contributed by atoms with Gasteiger partial charge in [-0.05, 0) is 63.3 Å². The Hall–Kier alpha value is -2.57. The highest BCUT2D eigenvalue weighted by Gasteiger charge is 2.31. The van der Waals surface area contributed by atoms with Crippen LogP contribution in [-0.4, -0.2) is 48.5 Å². The summed E-state index contributed by atoms with van der Waals surface area (Å²) >= 11 is 5.89. The van der Waals surface area contributed by atoms with Crippen molar-refractivity contribution in [2.24, 2.45) is 0 Å². The lowest BCUT2D eigenvalue weighted by Gasteiger charge is -2.26. The first-order valence-corrected chi connectivity index (χ1v) is 10.5. The molecule has 30 heavy (non-hydrogen) atoms. The molecule has 0 fully saturated rings. The second-order valence-corrected chi connectivity index (χ2v) is 7.79. The number of ether oxygens (including phenoxy) is 1. The van der Waals surface area contributed by atoms with Crippen LogP contribution in [0, 0.1) is 0 Å². The summed E-state index contributed by atoms with van der Waals surface area (Å²) in [5.41, 5.74) is -0.302. The van der Waals surface area contributed by atoms with Crippen LogP contribution in [0.1, 0.15) is 38.1 Å². The van der Waals surface area contributed by atoms with Crippen LogP contribution in [0.4, 0.5) is 5.69 Å². The van der Waals surface area contributed by atoms with Crippen molar-refractivity contribution in [2.45, 2.75) is 33.3 Å². The molecule has 0 atom stereocenters. The van der Waals surface area contributed by atoms with E-state index in [2.05, 4.69) is 29.4 Å². The van der Waals surface area contributed by atoms with Crippen molar-refractivity contribution >= 4 is 29.1 Å². The lowest BCUT2D eigenvalue weighted by Crippen LogP contribution is -2.43. The van der Waals surface area contributed by atoms with Crippen LogP contribution in [0.2, 0.25) is 5.02 Å². The number of para-hydroxylation sites is 1. The first kappa shape index (κ1) is 23.7. The molecule has 7 heteroatoms. The standard InChI is InChI=1S/C23H30ClN3O3/c1-5-27(6-2)16-15-25-21(28)19-9-7-8-10-20(19)26-22(29)23(3,4)30-18-13-11-17(24)12-14-18/h7-14H,5-6,15-16H2,1-4H3,(H,25,28)(H,26,29). The lowest BCUT2D eigenvalue weighted by molar-refractivity contribution is -0.128. The molecule has 0 bridgehead atoms. The number of hydrogen-bond acceptors (Lipinski definition) is 4. The van der Waals surface area contributed by atoms with E-state index < -0.39 is 5.60 Å². The van der Waals surface area contributed by atoms with Crippen LogP contribution in [0.5, 0.6) is 5.75 Å². The van der Waals surface area contributed by atoms with E-state index in [-0.39, 0.29) is 11.8 Å². The van der Waals surface area contributed by atoms with Crippen LogP contribution in [0.3, 0.4) is 0 Å². The average Bonchev–Trinajstić information content (AvgIpc) is 2.73. The number of likely N-dealkylation sites (N-methyl/N-ethyl adjacent to an activating group) is 1. The van der Waals surface area contributed by atoms with Gasteiger partial charge in [0.15, 0.2) is 5.60 Å². The van der Waals surface area contributed by atoms with E-state index in [1.165, 1.54) is 0 Å². The Morgan fingerprint density at radius 2 is 1.67 bits per heavy atom. The molecular formula is C23H30ClN3O3. The van der Waals surface area contributed by atoms with Gasteiger partial charge in [-0.3, -0.25) is 9.59 Å². The second kappa shape index (κ2) is 11.0. The summed E-state index contributed by atoms with van der Waals surface area (Å²) in [4.78, 5) is 27.7. The normalized spacial score (nSPS) is 11.3. The fraction of sp³-hybridized carbons (Fsp3) is 0.391. The molecule has 162 valence electrons. The molecule has 2 rings (SSSR count). The predicted octanol–water partition coefficient (Wildman–Crippen LogP) is 4.21. The fourth-order valence-corrected chi connectivity index (χ4v) is 3.00. The third-order valence-corrected chi connectivity index (χ3v) is 5.01. The lowest BCUT2D eigenvalue weighted by atomic mass is 10.1. The highest BCUT2D eigenvalue weighted by atomic mass is 35.5. The SMILES string of the molecule is CCN(CC)CCNC(=O)c1ccccc1NC(=O)C(C)(C)Oc1ccc(Cl)cc1. The molecule has 2 aromatic carbocycles. The maximum Gasteiger partial charge on any atom is 0.267 e. The Labute approximate surface area is 183 Å². The van der Waals surface area contributed by atoms with E-state index in [4.69, 9.17) is 16.3 Å². The number of hydrogen-bond donors (Lipinski definition) is 2. The van der Waals surface area contributed by atoms with Gasteiger partial charge >= 0.3 is 0 Å².